The van der Waals surface area contributed by atoms with Gasteiger partial charge in [0.25, 0.3) is 0 Å². The molecule has 148 valence electrons. The van der Waals surface area contributed by atoms with Gasteiger partial charge in [-0.1, -0.05) is 30.3 Å². The maximum absolute atomic E-state index is 12.3. The molecule has 2 aliphatic heterocycles. The van der Waals surface area contributed by atoms with E-state index in [-0.39, 0.29) is 18.4 Å². The molecule has 1 N–H and O–H groups in total. The molecule has 27 heavy (non-hydrogen) atoms. The number of amides is 1. The Bertz CT molecular complexity index is 614. The molecule has 0 bridgehead atoms. The van der Waals surface area contributed by atoms with E-state index in [0.29, 0.717) is 6.04 Å². The van der Waals surface area contributed by atoms with E-state index in [0.717, 1.165) is 58.4 Å². The van der Waals surface area contributed by atoms with Gasteiger partial charge in [0.05, 0.1) is 13.0 Å². The molecule has 2 aliphatic rings. The fraction of sp³-hybridized carbons (Fsp3) is 0.619. The summed E-state index contributed by atoms with van der Waals surface area (Å²) in [7, 11) is 1.33. The molecule has 2 saturated heterocycles. The molecule has 0 aliphatic carbocycles. The molecule has 1 amide bonds. The van der Waals surface area contributed by atoms with Crippen molar-refractivity contribution in [3.8, 4) is 0 Å². The van der Waals surface area contributed by atoms with Gasteiger partial charge in [-0.25, -0.2) is 0 Å². The van der Waals surface area contributed by atoms with Crippen molar-refractivity contribution >= 4 is 11.9 Å². The zero-order valence-electron chi connectivity index (χ0n) is 16.2. The standard InChI is InChI=1S/C21H31N3O3/c1-27-20(25)14-22-21(26)18-8-5-11-24(16-18)19-9-12-23(13-10-19)15-17-6-3-2-4-7-17/h2-4,6-7,18-19H,5,8-16H2,1H3,(H,22,26). The second-order valence-electron chi connectivity index (χ2n) is 7.62. The van der Waals surface area contributed by atoms with Gasteiger partial charge in [-0.2, -0.15) is 0 Å². The van der Waals surface area contributed by atoms with Crippen LogP contribution >= 0.6 is 0 Å². The van der Waals surface area contributed by atoms with Gasteiger partial charge in [-0.05, 0) is 50.9 Å². The van der Waals surface area contributed by atoms with Crippen molar-refractivity contribution in [3.63, 3.8) is 0 Å². The van der Waals surface area contributed by atoms with Gasteiger partial charge < -0.3 is 10.1 Å². The lowest BCUT2D eigenvalue weighted by Gasteiger charge is -2.42. The van der Waals surface area contributed by atoms with Crippen LogP contribution in [0.5, 0.6) is 0 Å². The van der Waals surface area contributed by atoms with Crippen LogP contribution in [-0.2, 0) is 20.9 Å². The van der Waals surface area contributed by atoms with Crippen LogP contribution in [0.4, 0.5) is 0 Å². The summed E-state index contributed by atoms with van der Waals surface area (Å²) in [4.78, 5) is 28.6. The average molecular weight is 373 g/mol. The second kappa shape index (κ2) is 9.85. The Hall–Kier alpha value is -1.92. The summed E-state index contributed by atoms with van der Waals surface area (Å²) in [5.74, 6) is -0.445. The van der Waals surface area contributed by atoms with Crippen molar-refractivity contribution in [2.24, 2.45) is 5.92 Å². The number of benzene rings is 1. The Labute approximate surface area is 161 Å². The molecule has 0 spiro atoms. The molecule has 2 heterocycles. The number of ether oxygens (including phenoxy) is 1. The summed E-state index contributed by atoms with van der Waals surface area (Å²) in [5.41, 5.74) is 1.37. The van der Waals surface area contributed by atoms with Gasteiger partial charge in [-0.15, -0.1) is 0 Å². The first-order chi connectivity index (χ1) is 13.2. The summed E-state index contributed by atoms with van der Waals surface area (Å²) < 4.78 is 4.59. The van der Waals surface area contributed by atoms with E-state index in [4.69, 9.17) is 0 Å². The van der Waals surface area contributed by atoms with Crippen LogP contribution in [0.2, 0.25) is 0 Å². The van der Waals surface area contributed by atoms with Crippen molar-refractivity contribution in [1.29, 1.82) is 0 Å². The third-order valence-electron chi connectivity index (χ3n) is 5.78. The molecular weight excluding hydrogens is 342 g/mol. The van der Waals surface area contributed by atoms with Crippen molar-refractivity contribution in [2.75, 3.05) is 39.8 Å². The van der Waals surface area contributed by atoms with E-state index in [2.05, 4.69) is 50.2 Å². The number of methoxy groups -OCH3 is 1. The molecule has 0 aromatic heterocycles. The van der Waals surface area contributed by atoms with Gasteiger partial charge in [0.15, 0.2) is 0 Å². The summed E-state index contributed by atoms with van der Waals surface area (Å²) in [6.07, 6.45) is 4.25. The lowest BCUT2D eigenvalue weighted by atomic mass is 9.93. The van der Waals surface area contributed by atoms with Crippen molar-refractivity contribution in [2.45, 2.75) is 38.3 Å². The van der Waals surface area contributed by atoms with Crippen LogP contribution < -0.4 is 5.32 Å². The molecule has 1 atom stereocenters. The second-order valence-corrected chi connectivity index (χ2v) is 7.62. The number of likely N-dealkylation sites (tertiary alicyclic amines) is 2. The highest BCUT2D eigenvalue weighted by atomic mass is 16.5. The summed E-state index contributed by atoms with van der Waals surface area (Å²) in [5, 5.41) is 2.71. The summed E-state index contributed by atoms with van der Waals surface area (Å²) in [6, 6.07) is 11.2. The maximum Gasteiger partial charge on any atom is 0.325 e. The topological polar surface area (TPSA) is 61.9 Å². The normalized spacial score (nSPS) is 22.3. The Balaban J connectivity index is 1.43. The number of carbonyl (C=O) groups excluding carboxylic acids is 2. The first kappa shape index (κ1) is 19.8. The van der Waals surface area contributed by atoms with Crippen LogP contribution in [0.25, 0.3) is 0 Å². The van der Waals surface area contributed by atoms with Gasteiger partial charge in [-0.3, -0.25) is 19.4 Å². The molecule has 1 aromatic carbocycles. The van der Waals surface area contributed by atoms with Crippen LogP contribution in [0.1, 0.15) is 31.2 Å². The van der Waals surface area contributed by atoms with E-state index in [1.54, 1.807) is 0 Å². The van der Waals surface area contributed by atoms with E-state index >= 15 is 0 Å². The van der Waals surface area contributed by atoms with Crippen molar-refractivity contribution in [3.05, 3.63) is 35.9 Å². The molecule has 6 nitrogen and oxygen atoms in total. The van der Waals surface area contributed by atoms with E-state index in [9.17, 15) is 9.59 Å². The monoisotopic (exact) mass is 373 g/mol. The number of piperidine rings is 2. The van der Waals surface area contributed by atoms with E-state index in [1.807, 2.05) is 0 Å². The summed E-state index contributed by atoms with van der Waals surface area (Å²) in [6.45, 7) is 5.07. The predicted octanol–water partition coefficient (Wildman–Crippen LogP) is 1.65. The SMILES string of the molecule is COC(=O)CNC(=O)C1CCCN(C2CCN(Cc3ccccc3)CC2)C1. The Morgan fingerprint density at radius 1 is 1.11 bits per heavy atom. The number of carbonyl (C=O) groups is 2. The maximum atomic E-state index is 12.3. The van der Waals surface area contributed by atoms with Crippen LogP contribution in [0.3, 0.4) is 0 Å². The fourth-order valence-electron chi connectivity index (χ4n) is 4.21. The molecule has 0 radical (unpaired) electrons. The highest BCUT2D eigenvalue weighted by Crippen LogP contribution is 2.24. The molecular formula is C21H31N3O3. The minimum Gasteiger partial charge on any atom is -0.468 e. The highest BCUT2D eigenvalue weighted by molar-refractivity contribution is 5.83. The van der Waals surface area contributed by atoms with Gasteiger partial charge >= 0.3 is 5.97 Å². The van der Waals surface area contributed by atoms with Crippen molar-refractivity contribution < 1.29 is 14.3 Å². The predicted molar refractivity (Wildman–Crippen MR) is 104 cm³/mol. The Morgan fingerprint density at radius 2 is 1.85 bits per heavy atom. The molecule has 1 unspecified atom stereocenters. The van der Waals surface area contributed by atoms with Crippen LogP contribution in [-0.4, -0.2) is 67.6 Å². The highest BCUT2D eigenvalue weighted by Gasteiger charge is 2.31. The Kier molecular flexibility index (Phi) is 7.24. The largest absolute Gasteiger partial charge is 0.468 e. The first-order valence-electron chi connectivity index (χ1n) is 10.0. The number of hydrogen-bond acceptors (Lipinski definition) is 5. The minimum atomic E-state index is -0.401. The molecule has 6 heteroatoms. The Morgan fingerprint density at radius 3 is 2.56 bits per heavy atom. The fourth-order valence-corrected chi connectivity index (χ4v) is 4.21. The van der Waals surface area contributed by atoms with Crippen molar-refractivity contribution in [1.82, 2.24) is 15.1 Å². The third-order valence-corrected chi connectivity index (χ3v) is 5.78. The minimum absolute atomic E-state index is 0.0217. The lowest BCUT2D eigenvalue weighted by Crippen LogP contribution is -2.51. The number of esters is 1. The zero-order valence-corrected chi connectivity index (χ0v) is 16.2. The van der Waals surface area contributed by atoms with Gasteiger partial charge in [0, 0.05) is 19.1 Å². The van der Waals surface area contributed by atoms with E-state index in [1.165, 1.54) is 12.7 Å². The molecule has 1 aromatic rings. The smallest absolute Gasteiger partial charge is 0.325 e. The number of nitrogens with one attached hydrogen (secondary N) is 1. The number of rotatable bonds is 6. The number of hydrogen-bond donors (Lipinski definition) is 1. The molecule has 0 saturated carbocycles. The zero-order chi connectivity index (χ0) is 19.1. The van der Waals surface area contributed by atoms with Crippen LogP contribution in [0.15, 0.2) is 30.3 Å². The lowest BCUT2D eigenvalue weighted by molar-refractivity contribution is -0.142. The van der Waals surface area contributed by atoms with Crippen LogP contribution in [0, 0.1) is 5.92 Å². The molecule has 2 fully saturated rings. The average Bonchev–Trinajstić information content (AvgIpc) is 2.73. The van der Waals surface area contributed by atoms with E-state index < -0.39 is 5.97 Å². The van der Waals surface area contributed by atoms with Gasteiger partial charge in [0.1, 0.15) is 6.54 Å². The third kappa shape index (κ3) is 5.78. The molecule has 3 rings (SSSR count). The number of nitrogens with zero attached hydrogens (tertiary/aromatic N) is 2. The summed E-state index contributed by atoms with van der Waals surface area (Å²) >= 11 is 0. The quantitative estimate of drug-likeness (QED) is 0.769. The first-order valence-corrected chi connectivity index (χ1v) is 10.0. The van der Waals surface area contributed by atoms with Gasteiger partial charge in [0.2, 0.25) is 5.91 Å².